The van der Waals surface area contributed by atoms with Gasteiger partial charge in [0.05, 0.1) is 12.0 Å². The third-order valence-corrected chi connectivity index (χ3v) is 8.36. The standard InChI is InChI=1S/C33H34N4O4/c1-3-36-19-20-37-28(21-36)34-29(30(37)35-32(40)41-22(2)23-7-5-4-6-8-23)26-11-9-24(10-12-26)25-13-15-27(16-14-25)33(17-18-33)31(38)39/h4-16,22H,3,17-21H2,1-2H3,(H,35,40)(H,38,39)/t22-/m1/s1. The van der Waals surface area contributed by atoms with Gasteiger partial charge in [0.15, 0.2) is 0 Å². The molecule has 1 aliphatic heterocycles. The summed E-state index contributed by atoms with van der Waals surface area (Å²) in [6, 6.07) is 25.6. The average Bonchev–Trinajstić information content (AvgIpc) is 3.75. The van der Waals surface area contributed by atoms with Crippen LogP contribution in [0.3, 0.4) is 0 Å². The second-order valence-electron chi connectivity index (χ2n) is 10.9. The number of amides is 1. The highest BCUT2D eigenvalue weighted by Gasteiger charge is 2.51. The molecule has 8 nitrogen and oxygen atoms in total. The van der Waals surface area contributed by atoms with E-state index < -0.39 is 23.6 Å². The molecule has 0 saturated heterocycles. The topological polar surface area (TPSA) is 96.7 Å². The summed E-state index contributed by atoms with van der Waals surface area (Å²) in [4.78, 5) is 32.0. The summed E-state index contributed by atoms with van der Waals surface area (Å²) >= 11 is 0. The number of aliphatic carboxylic acids is 1. The fourth-order valence-corrected chi connectivity index (χ4v) is 5.61. The van der Waals surface area contributed by atoms with E-state index in [1.807, 2.05) is 85.8 Å². The quantitative estimate of drug-likeness (QED) is 0.261. The largest absolute Gasteiger partial charge is 0.481 e. The number of hydrogen-bond acceptors (Lipinski definition) is 5. The highest BCUT2D eigenvalue weighted by atomic mass is 16.6. The molecule has 0 spiro atoms. The number of rotatable bonds is 8. The number of carboxylic acid groups (broad SMARTS) is 1. The Hall–Kier alpha value is -4.43. The molecular weight excluding hydrogens is 516 g/mol. The molecule has 1 saturated carbocycles. The number of likely N-dealkylation sites (N-methyl/N-ethyl adjacent to an activating group) is 1. The molecule has 1 amide bonds. The van der Waals surface area contributed by atoms with Crippen molar-refractivity contribution in [2.45, 2.75) is 51.3 Å². The van der Waals surface area contributed by atoms with E-state index in [4.69, 9.17) is 9.72 Å². The van der Waals surface area contributed by atoms with Crippen molar-refractivity contribution in [2.75, 3.05) is 18.4 Å². The molecule has 8 heteroatoms. The van der Waals surface area contributed by atoms with Crippen molar-refractivity contribution in [1.29, 1.82) is 0 Å². The van der Waals surface area contributed by atoms with Crippen LogP contribution in [-0.2, 0) is 28.0 Å². The van der Waals surface area contributed by atoms with Gasteiger partial charge in [-0.3, -0.25) is 15.0 Å². The molecule has 1 atom stereocenters. The number of benzene rings is 3. The van der Waals surface area contributed by atoms with E-state index >= 15 is 0 Å². The van der Waals surface area contributed by atoms with E-state index in [1.165, 1.54) is 0 Å². The van der Waals surface area contributed by atoms with E-state index in [0.29, 0.717) is 30.9 Å². The number of aromatic nitrogens is 2. The van der Waals surface area contributed by atoms with Crippen LogP contribution in [0.1, 0.15) is 49.7 Å². The summed E-state index contributed by atoms with van der Waals surface area (Å²) in [6.45, 7) is 7.24. The van der Waals surface area contributed by atoms with Gasteiger partial charge in [-0.25, -0.2) is 9.78 Å². The van der Waals surface area contributed by atoms with E-state index in [2.05, 4.69) is 21.7 Å². The molecule has 210 valence electrons. The normalized spacial score (nSPS) is 16.4. The van der Waals surface area contributed by atoms with E-state index in [1.54, 1.807) is 0 Å². The van der Waals surface area contributed by atoms with Crippen molar-refractivity contribution in [1.82, 2.24) is 14.5 Å². The fraction of sp³-hybridized carbons (Fsp3) is 0.303. The minimum absolute atomic E-state index is 0.394. The molecule has 1 aromatic heterocycles. The maximum atomic E-state index is 13.0. The van der Waals surface area contributed by atoms with E-state index in [9.17, 15) is 14.7 Å². The first-order chi connectivity index (χ1) is 19.9. The van der Waals surface area contributed by atoms with Gasteiger partial charge in [-0.05, 0) is 48.6 Å². The molecule has 2 heterocycles. The summed E-state index contributed by atoms with van der Waals surface area (Å²) in [5.74, 6) is 0.801. The van der Waals surface area contributed by atoms with Crippen molar-refractivity contribution in [2.24, 2.45) is 0 Å². The SMILES string of the molecule is CCN1CCn2c(nc(-c3ccc(-c4ccc(C5(C(=O)O)CC5)cc4)cc3)c2NC(=O)O[C@H](C)c2ccccc2)C1. The predicted molar refractivity (Wildman–Crippen MR) is 158 cm³/mol. The number of nitrogens with zero attached hydrogens (tertiary/aromatic N) is 3. The lowest BCUT2D eigenvalue weighted by molar-refractivity contribution is -0.140. The second-order valence-corrected chi connectivity index (χ2v) is 10.9. The summed E-state index contributed by atoms with van der Waals surface area (Å²) in [6.07, 6.45) is 0.469. The van der Waals surface area contributed by atoms with Crippen molar-refractivity contribution in [3.8, 4) is 22.4 Å². The Labute approximate surface area is 239 Å². The van der Waals surface area contributed by atoms with Crippen LogP contribution in [0.2, 0.25) is 0 Å². The number of hydrogen-bond donors (Lipinski definition) is 2. The van der Waals surface area contributed by atoms with E-state index in [-0.39, 0.29) is 0 Å². The van der Waals surface area contributed by atoms with Crippen LogP contribution < -0.4 is 5.32 Å². The molecule has 2 aliphatic rings. The Bertz CT molecular complexity index is 1560. The zero-order valence-electron chi connectivity index (χ0n) is 23.3. The van der Waals surface area contributed by atoms with Crippen LogP contribution in [0.15, 0.2) is 78.9 Å². The molecular formula is C33H34N4O4. The Morgan fingerprint density at radius 2 is 1.59 bits per heavy atom. The highest BCUT2D eigenvalue weighted by Crippen LogP contribution is 2.48. The fourth-order valence-electron chi connectivity index (χ4n) is 5.61. The summed E-state index contributed by atoms with van der Waals surface area (Å²) in [5, 5.41) is 12.6. The maximum absolute atomic E-state index is 13.0. The number of carboxylic acids is 1. The number of imidazole rings is 1. The van der Waals surface area contributed by atoms with Crippen molar-refractivity contribution in [3.63, 3.8) is 0 Å². The Balaban J connectivity index is 1.25. The van der Waals surface area contributed by atoms with Gasteiger partial charge in [-0.15, -0.1) is 0 Å². The highest BCUT2D eigenvalue weighted by molar-refractivity contribution is 5.90. The Morgan fingerprint density at radius 3 is 2.20 bits per heavy atom. The summed E-state index contributed by atoms with van der Waals surface area (Å²) in [5.41, 5.74) is 4.72. The van der Waals surface area contributed by atoms with Crippen LogP contribution in [0.4, 0.5) is 10.6 Å². The van der Waals surface area contributed by atoms with Gasteiger partial charge in [-0.1, -0.05) is 85.8 Å². The van der Waals surface area contributed by atoms with Gasteiger partial charge in [0.2, 0.25) is 0 Å². The monoisotopic (exact) mass is 550 g/mol. The number of ether oxygens (including phenoxy) is 1. The maximum Gasteiger partial charge on any atom is 0.413 e. The lowest BCUT2D eigenvalue weighted by Gasteiger charge is -2.27. The van der Waals surface area contributed by atoms with Crippen LogP contribution in [-0.4, -0.2) is 44.7 Å². The van der Waals surface area contributed by atoms with Crippen LogP contribution in [0.5, 0.6) is 0 Å². The summed E-state index contributed by atoms with van der Waals surface area (Å²) < 4.78 is 7.81. The Morgan fingerprint density at radius 1 is 0.951 bits per heavy atom. The van der Waals surface area contributed by atoms with Gasteiger partial charge >= 0.3 is 12.1 Å². The number of anilines is 1. The zero-order valence-corrected chi connectivity index (χ0v) is 23.3. The van der Waals surface area contributed by atoms with Gasteiger partial charge in [-0.2, -0.15) is 0 Å². The van der Waals surface area contributed by atoms with Gasteiger partial charge in [0, 0.05) is 18.7 Å². The summed E-state index contributed by atoms with van der Waals surface area (Å²) in [7, 11) is 0. The van der Waals surface area contributed by atoms with Crippen molar-refractivity contribution < 1.29 is 19.4 Å². The van der Waals surface area contributed by atoms with Gasteiger partial charge in [0.1, 0.15) is 23.4 Å². The molecule has 1 aliphatic carbocycles. The molecule has 2 N–H and O–H groups in total. The zero-order chi connectivity index (χ0) is 28.6. The third-order valence-electron chi connectivity index (χ3n) is 8.36. The van der Waals surface area contributed by atoms with Crippen LogP contribution in [0, 0.1) is 0 Å². The van der Waals surface area contributed by atoms with Crippen molar-refractivity contribution in [3.05, 3.63) is 95.8 Å². The lowest BCUT2D eigenvalue weighted by atomic mass is 9.93. The van der Waals surface area contributed by atoms with Crippen LogP contribution >= 0.6 is 0 Å². The number of carbonyl (C=O) groups excluding carboxylic acids is 1. The van der Waals surface area contributed by atoms with Crippen LogP contribution in [0.25, 0.3) is 22.4 Å². The van der Waals surface area contributed by atoms with Crippen molar-refractivity contribution >= 4 is 17.9 Å². The molecule has 0 radical (unpaired) electrons. The molecule has 41 heavy (non-hydrogen) atoms. The number of nitrogens with one attached hydrogen (secondary N) is 1. The molecule has 0 unspecified atom stereocenters. The number of fused-ring (bicyclic) bond motifs is 1. The first kappa shape index (κ1) is 26.8. The molecule has 1 fully saturated rings. The van der Waals surface area contributed by atoms with E-state index in [0.717, 1.165) is 53.3 Å². The van der Waals surface area contributed by atoms with Gasteiger partial charge < -0.3 is 14.4 Å². The lowest BCUT2D eigenvalue weighted by Crippen LogP contribution is -2.34. The predicted octanol–water partition coefficient (Wildman–Crippen LogP) is 6.48. The first-order valence-corrected chi connectivity index (χ1v) is 14.2. The van der Waals surface area contributed by atoms with Gasteiger partial charge in [0.25, 0.3) is 0 Å². The average molecular weight is 551 g/mol. The Kier molecular flexibility index (Phi) is 7.09. The minimum atomic E-state index is -0.748. The minimum Gasteiger partial charge on any atom is -0.481 e. The third kappa shape index (κ3) is 5.23. The smallest absolute Gasteiger partial charge is 0.413 e. The molecule has 3 aromatic carbocycles. The number of carbonyl (C=O) groups is 2. The molecule has 4 aromatic rings. The molecule has 0 bridgehead atoms. The molecule has 6 rings (SSSR count). The first-order valence-electron chi connectivity index (χ1n) is 14.2. The second kappa shape index (κ2) is 10.9.